The molecule has 7 heteroatoms. The summed E-state index contributed by atoms with van der Waals surface area (Å²) in [4.78, 5) is 3.87. The lowest BCUT2D eigenvalue weighted by molar-refractivity contribution is 0.397. The van der Waals surface area contributed by atoms with Crippen LogP contribution in [0.2, 0.25) is 0 Å². The quantitative estimate of drug-likeness (QED) is 0.671. The highest BCUT2D eigenvalue weighted by atomic mass is 32.2. The fraction of sp³-hybridized carbons (Fsp3) is 0.231. The Morgan fingerprint density at radius 1 is 1.25 bits per heavy atom. The van der Waals surface area contributed by atoms with Crippen molar-refractivity contribution < 1.29 is 4.42 Å². The number of aryl methyl sites for hydroxylation is 1. The molecule has 0 spiro atoms. The molecule has 102 valence electrons. The summed E-state index contributed by atoms with van der Waals surface area (Å²) >= 11 is 1.54. The van der Waals surface area contributed by atoms with Gasteiger partial charge in [-0.3, -0.25) is 0 Å². The van der Waals surface area contributed by atoms with Crippen LogP contribution in [0, 0.1) is 6.92 Å². The Morgan fingerprint density at radius 2 is 2.15 bits per heavy atom. The summed E-state index contributed by atoms with van der Waals surface area (Å²) in [6.45, 7) is 2.54. The van der Waals surface area contributed by atoms with Gasteiger partial charge in [0.2, 0.25) is 5.89 Å². The molecule has 0 saturated heterocycles. The Balaban J connectivity index is 1.61. The number of rotatable bonds is 5. The third kappa shape index (κ3) is 3.05. The SMILES string of the molecule is Cc1ccccc1CSc1nnc(Cn2cncn2)o1. The van der Waals surface area contributed by atoms with Crippen LogP contribution in [0.1, 0.15) is 17.0 Å². The number of aromatic nitrogens is 5. The van der Waals surface area contributed by atoms with E-state index in [0.29, 0.717) is 17.7 Å². The van der Waals surface area contributed by atoms with E-state index in [4.69, 9.17) is 4.42 Å². The van der Waals surface area contributed by atoms with Crippen molar-refractivity contribution in [3.63, 3.8) is 0 Å². The van der Waals surface area contributed by atoms with Crippen LogP contribution in [0.15, 0.2) is 46.6 Å². The number of hydrogen-bond donors (Lipinski definition) is 0. The average Bonchev–Trinajstić information content (AvgIpc) is 3.10. The van der Waals surface area contributed by atoms with Gasteiger partial charge in [0.1, 0.15) is 19.2 Å². The highest BCUT2D eigenvalue weighted by Crippen LogP contribution is 2.23. The fourth-order valence-corrected chi connectivity index (χ4v) is 2.58. The molecular weight excluding hydrogens is 274 g/mol. The standard InChI is InChI=1S/C13H13N5OS/c1-10-4-2-3-5-11(10)7-20-13-17-16-12(19-13)6-18-9-14-8-15-18/h2-5,8-9H,6-7H2,1H3. The van der Waals surface area contributed by atoms with Crippen LogP contribution in [0.3, 0.4) is 0 Å². The first-order valence-corrected chi connectivity index (χ1v) is 7.12. The van der Waals surface area contributed by atoms with Gasteiger partial charge in [-0.2, -0.15) is 5.10 Å². The normalized spacial score (nSPS) is 10.8. The van der Waals surface area contributed by atoms with Gasteiger partial charge < -0.3 is 4.42 Å². The van der Waals surface area contributed by atoms with E-state index in [9.17, 15) is 0 Å². The first-order chi connectivity index (χ1) is 9.81. The van der Waals surface area contributed by atoms with Crippen LogP contribution in [-0.4, -0.2) is 25.0 Å². The van der Waals surface area contributed by atoms with Gasteiger partial charge in [-0.1, -0.05) is 36.0 Å². The predicted octanol–water partition coefficient (Wildman–Crippen LogP) is 2.31. The largest absolute Gasteiger partial charge is 0.414 e. The molecule has 2 heterocycles. The first-order valence-electron chi connectivity index (χ1n) is 6.13. The summed E-state index contributed by atoms with van der Waals surface area (Å²) in [7, 11) is 0. The van der Waals surface area contributed by atoms with Crippen molar-refractivity contribution in [2.45, 2.75) is 24.4 Å². The Hall–Kier alpha value is -2.15. The van der Waals surface area contributed by atoms with E-state index in [2.05, 4.69) is 39.3 Å². The van der Waals surface area contributed by atoms with Crippen LogP contribution in [-0.2, 0) is 12.3 Å². The fourth-order valence-electron chi connectivity index (χ4n) is 1.72. The molecule has 3 rings (SSSR count). The van der Waals surface area contributed by atoms with Gasteiger partial charge >= 0.3 is 0 Å². The first kappa shape index (κ1) is 12.9. The van der Waals surface area contributed by atoms with Crippen LogP contribution in [0.4, 0.5) is 0 Å². The monoisotopic (exact) mass is 287 g/mol. The highest BCUT2D eigenvalue weighted by molar-refractivity contribution is 7.98. The summed E-state index contributed by atoms with van der Waals surface area (Å²) in [5.74, 6) is 1.35. The van der Waals surface area contributed by atoms with Gasteiger partial charge in [-0.15, -0.1) is 10.2 Å². The van der Waals surface area contributed by atoms with Gasteiger partial charge in [0.25, 0.3) is 5.22 Å². The Kier molecular flexibility index (Phi) is 3.78. The van der Waals surface area contributed by atoms with Crippen molar-refractivity contribution in [3.8, 4) is 0 Å². The van der Waals surface area contributed by atoms with E-state index in [1.165, 1.54) is 29.2 Å². The third-order valence-electron chi connectivity index (χ3n) is 2.82. The van der Waals surface area contributed by atoms with E-state index in [0.717, 1.165) is 5.75 Å². The molecular formula is C13H13N5OS. The average molecular weight is 287 g/mol. The van der Waals surface area contributed by atoms with Crippen molar-refractivity contribution in [1.82, 2.24) is 25.0 Å². The van der Waals surface area contributed by atoms with Crippen molar-refractivity contribution in [1.29, 1.82) is 0 Å². The lowest BCUT2D eigenvalue weighted by Crippen LogP contribution is -1.99. The maximum absolute atomic E-state index is 5.57. The summed E-state index contributed by atoms with van der Waals surface area (Å²) < 4.78 is 7.21. The minimum Gasteiger partial charge on any atom is -0.414 e. The van der Waals surface area contributed by atoms with Crippen molar-refractivity contribution >= 4 is 11.8 Å². The predicted molar refractivity (Wildman–Crippen MR) is 74.2 cm³/mol. The minimum atomic E-state index is 0.442. The van der Waals surface area contributed by atoms with E-state index in [1.54, 1.807) is 11.0 Å². The van der Waals surface area contributed by atoms with Gasteiger partial charge in [0, 0.05) is 5.75 Å². The number of thioether (sulfide) groups is 1. The molecule has 6 nitrogen and oxygen atoms in total. The number of nitrogens with zero attached hydrogens (tertiary/aromatic N) is 5. The summed E-state index contributed by atoms with van der Waals surface area (Å²) in [6, 6.07) is 8.27. The zero-order valence-corrected chi connectivity index (χ0v) is 11.7. The molecule has 1 aromatic carbocycles. The molecule has 0 aliphatic rings. The van der Waals surface area contributed by atoms with E-state index < -0.39 is 0 Å². The number of benzene rings is 1. The second kappa shape index (κ2) is 5.87. The molecule has 0 aliphatic heterocycles. The summed E-state index contributed by atoms with van der Waals surface area (Å²) in [6.07, 6.45) is 3.09. The molecule has 0 aliphatic carbocycles. The maximum Gasteiger partial charge on any atom is 0.276 e. The molecule has 20 heavy (non-hydrogen) atoms. The molecule has 2 aromatic heterocycles. The summed E-state index contributed by atoms with van der Waals surface area (Å²) in [5, 5.41) is 12.6. The van der Waals surface area contributed by atoms with Crippen LogP contribution in [0.5, 0.6) is 0 Å². The molecule has 0 N–H and O–H groups in total. The molecule has 0 unspecified atom stereocenters. The number of hydrogen-bond acceptors (Lipinski definition) is 6. The van der Waals surface area contributed by atoms with Gasteiger partial charge in [0.05, 0.1) is 0 Å². The second-order valence-electron chi connectivity index (χ2n) is 4.27. The topological polar surface area (TPSA) is 69.6 Å². The van der Waals surface area contributed by atoms with Crippen LogP contribution >= 0.6 is 11.8 Å². The van der Waals surface area contributed by atoms with Crippen molar-refractivity contribution in [2.24, 2.45) is 0 Å². The van der Waals surface area contributed by atoms with E-state index in [-0.39, 0.29) is 0 Å². The van der Waals surface area contributed by atoms with E-state index in [1.807, 2.05) is 12.1 Å². The Morgan fingerprint density at radius 3 is 2.95 bits per heavy atom. The van der Waals surface area contributed by atoms with Crippen molar-refractivity contribution in [3.05, 3.63) is 53.9 Å². The lowest BCUT2D eigenvalue weighted by atomic mass is 10.1. The van der Waals surface area contributed by atoms with Crippen LogP contribution in [0.25, 0.3) is 0 Å². The zero-order chi connectivity index (χ0) is 13.8. The Labute approximate surface area is 120 Å². The van der Waals surface area contributed by atoms with Gasteiger partial charge in [-0.25, -0.2) is 9.67 Å². The molecule has 0 saturated carbocycles. The third-order valence-corrected chi connectivity index (χ3v) is 3.69. The maximum atomic E-state index is 5.57. The molecule has 0 fully saturated rings. The van der Waals surface area contributed by atoms with Gasteiger partial charge in [-0.05, 0) is 18.1 Å². The lowest BCUT2D eigenvalue weighted by Gasteiger charge is -2.02. The van der Waals surface area contributed by atoms with Gasteiger partial charge in [0.15, 0.2) is 0 Å². The molecule has 0 atom stereocenters. The van der Waals surface area contributed by atoms with Crippen molar-refractivity contribution in [2.75, 3.05) is 0 Å². The molecule has 0 amide bonds. The van der Waals surface area contributed by atoms with E-state index >= 15 is 0 Å². The molecule has 0 bridgehead atoms. The highest BCUT2D eigenvalue weighted by Gasteiger charge is 2.08. The zero-order valence-electron chi connectivity index (χ0n) is 10.9. The summed E-state index contributed by atoms with van der Waals surface area (Å²) in [5.41, 5.74) is 2.54. The molecule has 0 radical (unpaired) electrons. The minimum absolute atomic E-state index is 0.442. The smallest absolute Gasteiger partial charge is 0.276 e. The second-order valence-corrected chi connectivity index (χ2v) is 5.20. The Bertz CT molecular complexity index is 680. The van der Waals surface area contributed by atoms with Crippen LogP contribution < -0.4 is 0 Å². The molecule has 3 aromatic rings.